The Morgan fingerprint density at radius 3 is 1.48 bits per heavy atom. The van der Waals surface area contributed by atoms with Crippen LogP contribution in [-0.2, 0) is 12.8 Å². The van der Waals surface area contributed by atoms with Crippen molar-refractivity contribution in [2.75, 3.05) is 54.6 Å². The Morgan fingerprint density at radius 2 is 1.07 bits per heavy atom. The molecule has 2 aromatic rings. The number of hydrogen-bond acceptors (Lipinski definition) is 6. The summed E-state index contributed by atoms with van der Waals surface area (Å²) in [4.78, 5) is 24.6. The topological polar surface area (TPSA) is 119 Å². The fourth-order valence-electron chi connectivity index (χ4n) is 5.09. The van der Waals surface area contributed by atoms with E-state index in [1.54, 1.807) is 28.4 Å². The molecule has 3 rings (SSSR count). The second kappa shape index (κ2) is 16.3. The summed E-state index contributed by atoms with van der Waals surface area (Å²) in [6.07, 6.45) is 5.64. The van der Waals surface area contributed by atoms with Crippen LogP contribution in [0.2, 0.25) is 0 Å². The van der Waals surface area contributed by atoms with Crippen LogP contribution in [0.5, 0.6) is 23.0 Å². The number of benzene rings is 2. The largest absolute Gasteiger partial charge is 0.493 e. The van der Waals surface area contributed by atoms with Gasteiger partial charge in [0, 0.05) is 26.2 Å². The van der Waals surface area contributed by atoms with E-state index in [4.69, 9.17) is 18.9 Å². The lowest BCUT2D eigenvalue weighted by molar-refractivity contribution is 0.222. The van der Waals surface area contributed by atoms with Crippen molar-refractivity contribution in [3.63, 3.8) is 0 Å². The molecule has 1 aliphatic rings. The summed E-state index contributed by atoms with van der Waals surface area (Å²) in [5, 5.41) is 11.9. The van der Waals surface area contributed by atoms with Crippen LogP contribution < -0.4 is 40.2 Å². The zero-order chi connectivity index (χ0) is 28.7. The highest BCUT2D eigenvalue weighted by molar-refractivity contribution is 5.74. The van der Waals surface area contributed by atoms with Crippen LogP contribution in [0, 0.1) is 11.8 Å². The van der Waals surface area contributed by atoms with Gasteiger partial charge < -0.3 is 40.2 Å². The molecule has 0 bridgehead atoms. The van der Waals surface area contributed by atoms with Crippen LogP contribution in [0.1, 0.15) is 36.8 Å². The molecule has 1 aliphatic carbocycles. The smallest absolute Gasteiger partial charge is 0.314 e. The molecule has 10 heteroatoms. The van der Waals surface area contributed by atoms with Gasteiger partial charge in [-0.05, 0) is 79.3 Å². The third kappa shape index (κ3) is 9.73. The number of amides is 4. The van der Waals surface area contributed by atoms with E-state index in [-0.39, 0.29) is 12.1 Å². The number of carbonyl (C=O) groups is 2. The molecule has 4 amide bonds. The Kier molecular flexibility index (Phi) is 12.5. The second-order valence-corrected chi connectivity index (χ2v) is 10.1. The van der Waals surface area contributed by atoms with E-state index in [2.05, 4.69) is 21.3 Å². The summed E-state index contributed by atoms with van der Waals surface area (Å²) >= 11 is 0. The zero-order valence-electron chi connectivity index (χ0n) is 24.1. The summed E-state index contributed by atoms with van der Waals surface area (Å²) < 4.78 is 21.2. The first kappa shape index (κ1) is 30.7. The van der Waals surface area contributed by atoms with E-state index < -0.39 is 0 Å². The Morgan fingerprint density at radius 1 is 0.650 bits per heavy atom. The number of urea groups is 2. The van der Waals surface area contributed by atoms with Gasteiger partial charge in [-0.2, -0.15) is 0 Å². The molecule has 0 heterocycles. The molecule has 0 radical (unpaired) electrons. The van der Waals surface area contributed by atoms with Gasteiger partial charge in [-0.1, -0.05) is 18.6 Å². The Hall–Kier alpha value is -3.82. The molecule has 10 nitrogen and oxygen atoms in total. The van der Waals surface area contributed by atoms with Gasteiger partial charge in [-0.25, -0.2) is 9.59 Å². The van der Waals surface area contributed by atoms with Crippen molar-refractivity contribution in [3.8, 4) is 23.0 Å². The van der Waals surface area contributed by atoms with E-state index in [9.17, 15) is 9.59 Å². The predicted molar refractivity (Wildman–Crippen MR) is 155 cm³/mol. The van der Waals surface area contributed by atoms with Gasteiger partial charge in [-0.3, -0.25) is 0 Å². The third-order valence-corrected chi connectivity index (χ3v) is 7.29. The predicted octanol–water partition coefficient (Wildman–Crippen LogP) is 3.91. The van der Waals surface area contributed by atoms with Gasteiger partial charge in [0.1, 0.15) is 0 Å². The third-order valence-electron chi connectivity index (χ3n) is 7.29. The van der Waals surface area contributed by atoms with Crippen LogP contribution >= 0.6 is 0 Å². The monoisotopic (exact) mass is 556 g/mol. The van der Waals surface area contributed by atoms with Crippen molar-refractivity contribution < 1.29 is 28.5 Å². The molecule has 0 aliphatic heterocycles. The van der Waals surface area contributed by atoms with Crippen LogP contribution in [0.15, 0.2) is 36.4 Å². The lowest BCUT2D eigenvalue weighted by atomic mass is 9.81. The van der Waals surface area contributed by atoms with Gasteiger partial charge in [0.15, 0.2) is 23.0 Å². The molecule has 0 unspecified atom stereocenters. The minimum Gasteiger partial charge on any atom is -0.493 e. The van der Waals surface area contributed by atoms with E-state index in [0.717, 1.165) is 36.8 Å². The summed E-state index contributed by atoms with van der Waals surface area (Å²) in [5.41, 5.74) is 2.12. The highest BCUT2D eigenvalue weighted by atomic mass is 16.5. The molecule has 1 saturated carbocycles. The van der Waals surface area contributed by atoms with Gasteiger partial charge in [0.2, 0.25) is 0 Å². The molecular formula is C30H44N4O6. The Balaban J connectivity index is 1.29. The molecule has 220 valence electrons. The van der Waals surface area contributed by atoms with Gasteiger partial charge >= 0.3 is 12.1 Å². The first-order valence-corrected chi connectivity index (χ1v) is 13.9. The Labute approximate surface area is 237 Å². The van der Waals surface area contributed by atoms with Crippen molar-refractivity contribution >= 4 is 12.1 Å². The maximum Gasteiger partial charge on any atom is 0.314 e. The average molecular weight is 557 g/mol. The van der Waals surface area contributed by atoms with Crippen molar-refractivity contribution in [2.45, 2.75) is 38.5 Å². The van der Waals surface area contributed by atoms with Crippen molar-refractivity contribution in [2.24, 2.45) is 11.8 Å². The lowest BCUT2D eigenvalue weighted by Gasteiger charge is -2.29. The first-order valence-electron chi connectivity index (χ1n) is 13.9. The van der Waals surface area contributed by atoms with Gasteiger partial charge in [0.25, 0.3) is 0 Å². The molecular weight excluding hydrogens is 512 g/mol. The molecule has 0 saturated heterocycles. The van der Waals surface area contributed by atoms with E-state index in [0.29, 0.717) is 73.9 Å². The van der Waals surface area contributed by atoms with Crippen molar-refractivity contribution in [1.82, 2.24) is 21.3 Å². The quantitative estimate of drug-likeness (QED) is 0.280. The summed E-state index contributed by atoms with van der Waals surface area (Å²) in [5.74, 6) is 3.54. The fraction of sp³-hybridized carbons (Fsp3) is 0.533. The number of rotatable bonds is 14. The number of hydrogen-bond donors (Lipinski definition) is 4. The molecule has 2 atom stereocenters. The zero-order valence-corrected chi connectivity index (χ0v) is 24.1. The van der Waals surface area contributed by atoms with Gasteiger partial charge in [0.05, 0.1) is 28.4 Å². The van der Waals surface area contributed by atoms with Crippen LogP contribution in [0.4, 0.5) is 9.59 Å². The molecule has 2 aromatic carbocycles. The number of nitrogens with one attached hydrogen (secondary N) is 4. The van der Waals surface area contributed by atoms with Crippen LogP contribution in [0.3, 0.4) is 0 Å². The number of carbonyl (C=O) groups excluding carboxylic acids is 2. The summed E-state index contributed by atoms with van der Waals surface area (Å²) in [6.45, 7) is 2.33. The average Bonchev–Trinajstić information content (AvgIpc) is 2.99. The van der Waals surface area contributed by atoms with Gasteiger partial charge in [-0.15, -0.1) is 0 Å². The van der Waals surface area contributed by atoms with Crippen molar-refractivity contribution in [1.29, 1.82) is 0 Å². The van der Waals surface area contributed by atoms with Crippen molar-refractivity contribution in [3.05, 3.63) is 47.5 Å². The van der Waals surface area contributed by atoms with E-state index >= 15 is 0 Å². The number of ether oxygens (including phenoxy) is 4. The summed E-state index contributed by atoms with van der Waals surface area (Å²) in [7, 11) is 6.43. The highest BCUT2D eigenvalue weighted by Crippen LogP contribution is 2.29. The second-order valence-electron chi connectivity index (χ2n) is 10.1. The lowest BCUT2D eigenvalue weighted by Crippen LogP contribution is -2.42. The molecule has 1 fully saturated rings. The standard InChI is InChI=1S/C30H44N4O6/c1-37-25-10-8-21(17-27(25)39-3)12-14-31-29(35)33-19-23-6-5-7-24(16-23)20-34-30(36)32-15-13-22-9-11-26(38-2)28(18-22)40-4/h8-11,17-18,23-24H,5-7,12-16,19-20H2,1-4H3,(H2,31,33,35)(H2,32,34,36)/t23-,24-/m1/s1. The molecule has 0 spiro atoms. The SMILES string of the molecule is COc1ccc(CCNC(=O)NC[C@@H]2CCC[C@@H](CNC(=O)NCCc3ccc(OC)c(OC)c3)C2)cc1OC. The minimum atomic E-state index is -0.158. The van der Waals surface area contributed by atoms with E-state index in [1.807, 2.05) is 36.4 Å². The molecule has 40 heavy (non-hydrogen) atoms. The van der Waals surface area contributed by atoms with E-state index in [1.165, 1.54) is 0 Å². The highest BCUT2D eigenvalue weighted by Gasteiger charge is 2.23. The van der Waals surface area contributed by atoms with Crippen LogP contribution in [0.25, 0.3) is 0 Å². The summed E-state index contributed by atoms with van der Waals surface area (Å²) in [6, 6.07) is 11.2. The first-order chi connectivity index (χ1) is 19.4. The maximum atomic E-state index is 12.3. The normalized spacial score (nSPS) is 16.4. The van der Waals surface area contributed by atoms with Crippen LogP contribution in [-0.4, -0.2) is 66.7 Å². The maximum absolute atomic E-state index is 12.3. The number of methoxy groups -OCH3 is 4. The molecule has 0 aromatic heterocycles. The Bertz CT molecular complexity index is 1010. The fourth-order valence-corrected chi connectivity index (χ4v) is 5.09. The molecule has 4 N–H and O–H groups in total. The minimum absolute atomic E-state index is 0.158.